The zero-order valence-electron chi connectivity index (χ0n) is 49.6. The van der Waals surface area contributed by atoms with Gasteiger partial charge >= 0.3 is 11.9 Å². The van der Waals surface area contributed by atoms with E-state index in [4.69, 9.17) is 9.47 Å². The maximum absolute atomic E-state index is 14.3. The Kier molecular flexibility index (Phi) is 20.9. The molecule has 0 atom stereocenters. The molecular weight excluding hydrogens is 1150 g/mol. The van der Waals surface area contributed by atoms with Crippen LogP contribution in [0.15, 0.2) is 170 Å². The van der Waals surface area contributed by atoms with Crippen LogP contribution in [0.1, 0.15) is 145 Å². The number of halogens is 2. The van der Waals surface area contributed by atoms with Crippen LogP contribution in [-0.4, -0.2) is 83.4 Å². The molecule has 2 aliphatic rings. The fraction of sp³-hybridized carbons (Fsp3) is 0.250. The lowest BCUT2D eigenvalue weighted by atomic mass is 9.98. The maximum atomic E-state index is 14.3. The van der Waals surface area contributed by atoms with Crippen LogP contribution in [0.3, 0.4) is 0 Å². The van der Waals surface area contributed by atoms with Crippen LogP contribution in [0, 0.1) is 11.6 Å². The van der Waals surface area contributed by atoms with Crippen molar-refractivity contribution in [2.45, 2.75) is 90.8 Å². The van der Waals surface area contributed by atoms with Crippen molar-refractivity contribution in [1.29, 1.82) is 0 Å². The van der Waals surface area contributed by atoms with Crippen LogP contribution >= 0.6 is 0 Å². The van der Waals surface area contributed by atoms with Crippen LogP contribution in [0.25, 0.3) is 10.8 Å². The van der Waals surface area contributed by atoms with E-state index in [1.807, 2.05) is 60.7 Å². The number of unbranched alkanes of at least 4 members (excludes halogenated alkanes) is 2. The van der Waals surface area contributed by atoms with Crippen molar-refractivity contribution in [2.24, 2.45) is 0 Å². The van der Waals surface area contributed by atoms with E-state index in [2.05, 4.69) is 21.3 Å². The summed E-state index contributed by atoms with van der Waals surface area (Å²) in [6.45, 7) is 1.92. The summed E-state index contributed by atoms with van der Waals surface area (Å²) in [4.78, 5) is 112. The van der Waals surface area contributed by atoms with Crippen molar-refractivity contribution in [3.63, 3.8) is 0 Å². The smallest absolute Gasteiger partial charge is 0.306 e. The van der Waals surface area contributed by atoms with Crippen molar-refractivity contribution >= 4 is 58.2 Å². The molecule has 16 nitrogen and oxygen atoms in total. The molecule has 8 aromatic rings. The molecule has 2 heterocycles. The lowest BCUT2D eigenvalue weighted by Gasteiger charge is -2.17. The van der Waals surface area contributed by atoms with E-state index >= 15 is 0 Å². The molecule has 18 heteroatoms. The predicted octanol–water partition coefficient (Wildman–Crippen LogP) is 10.7. The second kappa shape index (κ2) is 30.0. The molecule has 0 radical (unpaired) electrons. The highest BCUT2D eigenvalue weighted by Crippen LogP contribution is 2.32. The molecule has 460 valence electrons. The Labute approximate surface area is 520 Å². The number of carbonyl (C=O) groups is 8. The molecular formula is C72H68F2N6O10. The minimum Gasteiger partial charge on any atom is -0.461 e. The van der Waals surface area contributed by atoms with Gasteiger partial charge in [0.1, 0.15) is 24.8 Å². The second-order valence-corrected chi connectivity index (χ2v) is 22.4. The topological polar surface area (TPSA) is 210 Å². The number of nitrogens with zero attached hydrogens (tertiary/aromatic N) is 2. The second-order valence-electron chi connectivity index (χ2n) is 22.4. The molecule has 8 aromatic carbocycles. The first-order chi connectivity index (χ1) is 43.7. The Balaban J connectivity index is 0.771. The Bertz CT molecular complexity index is 3700. The molecule has 0 saturated heterocycles. The summed E-state index contributed by atoms with van der Waals surface area (Å²) in [6, 6.07) is 47.7. The van der Waals surface area contributed by atoms with Gasteiger partial charge in [0, 0.05) is 76.3 Å². The van der Waals surface area contributed by atoms with E-state index in [0.717, 1.165) is 22.3 Å². The van der Waals surface area contributed by atoms with Crippen LogP contribution in [0.4, 0.5) is 8.78 Å². The number of rotatable bonds is 26. The van der Waals surface area contributed by atoms with Crippen molar-refractivity contribution in [1.82, 2.24) is 31.1 Å². The van der Waals surface area contributed by atoms with Gasteiger partial charge in [0.15, 0.2) is 0 Å². The van der Waals surface area contributed by atoms with Gasteiger partial charge in [-0.3, -0.25) is 38.4 Å². The van der Waals surface area contributed by atoms with Gasteiger partial charge in [-0.15, -0.1) is 0 Å². The molecule has 0 fully saturated rings. The number of benzene rings is 8. The van der Waals surface area contributed by atoms with Crippen LogP contribution in [0.5, 0.6) is 0 Å². The maximum Gasteiger partial charge on any atom is 0.306 e. The Morgan fingerprint density at radius 1 is 0.367 bits per heavy atom. The zero-order chi connectivity index (χ0) is 62.9. The van der Waals surface area contributed by atoms with Gasteiger partial charge in [-0.05, 0) is 167 Å². The SMILES string of the molecule is O=C(CCCCNC(=O)c1cc2c(cc1C(=O)NCCc1ccc(F)cc1)CN(C(=O)c1ccc3cc(C(=O)N4Cc5cc(C(=O)NCCCCC(=O)OCc6ccccc6)c(C(=O)NCCc6ccc(F)cc6)cc5C4)ccc3c1)C2)OCc1ccccc1. The lowest BCUT2D eigenvalue weighted by molar-refractivity contribution is -0.146. The molecule has 0 aromatic heterocycles. The van der Waals surface area contributed by atoms with Crippen molar-refractivity contribution in [3.05, 3.63) is 259 Å². The van der Waals surface area contributed by atoms with E-state index in [0.29, 0.717) is 82.7 Å². The van der Waals surface area contributed by atoms with Gasteiger partial charge in [0.25, 0.3) is 35.4 Å². The summed E-state index contributed by atoms with van der Waals surface area (Å²) in [5.41, 5.74) is 7.51. The molecule has 0 unspecified atom stereocenters. The van der Waals surface area contributed by atoms with E-state index < -0.39 is 23.6 Å². The number of hydrogen-bond donors (Lipinski definition) is 4. The lowest BCUT2D eigenvalue weighted by Crippen LogP contribution is -2.31. The Hall–Kier alpha value is -10.4. The predicted molar refractivity (Wildman–Crippen MR) is 334 cm³/mol. The average molecular weight is 1220 g/mol. The summed E-state index contributed by atoms with van der Waals surface area (Å²) in [6.07, 6.45) is 3.08. The van der Waals surface area contributed by atoms with Crippen molar-refractivity contribution in [3.8, 4) is 0 Å². The first kappa shape index (κ1) is 62.7. The van der Waals surface area contributed by atoms with Gasteiger partial charge in [0.2, 0.25) is 0 Å². The monoisotopic (exact) mass is 1210 g/mol. The first-order valence-electron chi connectivity index (χ1n) is 30.2. The van der Waals surface area contributed by atoms with E-state index in [1.165, 1.54) is 24.3 Å². The summed E-state index contributed by atoms with van der Waals surface area (Å²) in [5, 5.41) is 13.0. The zero-order valence-corrected chi connectivity index (χ0v) is 49.6. The van der Waals surface area contributed by atoms with Crippen molar-refractivity contribution < 1.29 is 56.6 Å². The molecule has 0 saturated carbocycles. The molecule has 0 bridgehead atoms. The van der Waals surface area contributed by atoms with E-state index in [1.54, 1.807) is 94.7 Å². The minimum atomic E-state index is -0.488. The first-order valence-corrected chi connectivity index (χ1v) is 30.2. The minimum absolute atomic E-state index is 0.133. The van der Waals surface area contributed by atoms with Crippen LogP contribution in [-0.2, 0) is 71.3 Å². The Morgan fingerprint density at radius 3 is 1.04 bits per heavy atom. The molecule has 10 rings (SSSR count). The number of ether oxygens (including phenoxy) is 2. The number of hydrogen-bond acceptors (Lipinski definition) is 10. The molecule has 90 heavy (non-hydrogen) atoms. The van der Waals surface area contributed by atoms with Crippen LogP contribution in [0.2, 0.25) is 0 Å². The molecule has 2 aliphatic heterocycles. The normalized spacial score (nSPS) is 12.2. The van der Waals surface area contributed by atoms with E-state index in [-0.39, 0.29) is 136 Å². The largest absolute Gasteiger partial charge is 0.461 e. The van der Waals surface area contributed by atoms with Gasteiger partial charge in [-0.25, -0.2) is 8.78 Å². The summed E-state index contributed by atoms with van der Waals surface area (Å²) < 4.78 is 37.9. The third kappa shape index (κ3) is 16.6. The third-order valence-corrected chi connectivity index (χ3v) is 15.9. The number of nitrogens with one attached hydrogen (secondary N) is 4. The van der Waals surface area contributed by atoms with Crippen LogP contribution < -0.4 is 21.3 Å². The van der Waals surface area contributed by atoms with Crippen molar-refractivity contribution in [2.75, 3.05) is 26.2 Å². The molecule has 4 N–H and O–H groups in total. The summed E-state index contributed by atoms with van der Waals surface area (Å²) in [7, 11) is 0. The number of amides is 6. The molecule has 6 amide bonds. The van der Waals surface area contributed by atoms with E-state index in [9.17, 15) is 47.1 Å². The fourth-order valence-electron chi connectivity index (χ4n) is 11.0. The Morgan fingerprint density at radius 2 is 0.700 bits per heavy atom. The summed E-state index contributed by atoms with van der Waals surface area (Å²) in [5.74, 6) is -3.95. The molecule has 0 spiro atoms. The molecule has 0 aliphatic carbocycles. The van der Waals surface area contributed by atoms with Gasteiger partial charge in [-0.2, -0.15) is 0 Å². The standard InChI is InChI=1S/C72H68F2N6O10/c73-59-25-17-47(18-26-59)29-33-77-69(85)63-39-57-43-79(41-55(57)37-61(63)67(83)75-31-9-7-15-65(81)89-45-49-11-3-1-4-12-49)71(87)53-23-21-52-36-54(24-22-51(52)35-53)72(88)80-42-56-38-62(68(84)76-32-10-8-16-66(82)90-46-50-13-5-2-6-14-50)64(40-58(56)44-80)70(86)78-34-30-48-19-27-60(74)28-20-48/h1-6,11-14,17-28,35-40H,7-10,15-16,29-34,41-46H2,(H,75,83)(H,76,84)(H,77,85)(H,78,86). The quantitative estimate of drug-likeness (QED) is 0.0298. The highest BCUT2D eigenvalue weighted by atomic mass is 19.1. The number of carbonyl (C=O) groups excluding carboxylic acids is 8. The van der Waals surface area contributed by atoms with Gasteiger partial charge in [-0.1, -0.05) is 97.1 Å². The number of esters is 2. The highest BCUT2D eigenvalue weighted by molar-refractivity contribution is 6.09. The third-order valence-electron chi connectivity index (χ3n) is 15.9. The highest BCUT2D eigenvalue weighted by Gasteiger charge is 2.31. The van der Waals surface area contributed by atoms with Gasteiger partial charge in [0.05, 0.1) is 22.3 Å². The van der Waals surface area contributed by atoms with Gasteiger partial charge < -0.3 is 40.5 Å². The summed E-state index contributed by atoms with van der Waals surface area (Å²) >= 11 is 0. The fourth-order valence-corrected chi connectivity index (χ4v) is 11.0. The average Bonchev–Trinajstić information content (AvgIpc) is 1.84. The number of fused-ring (bicyclic) bond motifs is 3.